The van der Waals surface area contributed by atoms with E-state index in [0.717, 1.165) is 13.0 Å². The molecule has 0 bridgehead atoms. The van der Waals surface area contributed by atoms with Crippen molar-refractivity contribution in [1.29, 1.82) is 5.26 Å². The second kappa shape index (κ2) is 6.37. The molecular weight excluding hydrogens is 224 g/mol. The fraction of sp³-hybridized carbons (Fsp3) is 0.417. The molecule has 0 unspecified atom stereocenters. The van der Waals surface area contributed by atoms with Crippen molar-refractivity contribution in [3.63, 3.8) is 0 Å². The summed E-state index contributed by atoms with van der Waals surface area (Å²) in [5.41, 5.74) is 0.474. The Morgan fingerprint density at radius 1 is 1.44 bits per heavy atom. The smallest absolute Gasteiger partial charge is 0.120 e. The van der Waals surface area contributed by atoms with Crippen molar-refractivity contribution >= 4 is 11.6 Å². The largest absolute Gasteiger partial charge is 0.493 e. The Morgan fingerprint density at radius 3 is 2.75 bits per heavy atom. The highest BCUT2D eigenvalue weighted by Crippen LogP contribution is 2.21. The molecule has 0 radical (unpaired) electrons. The lowest BCUT2D eigenvalue weighted by molar-refractivity contribution is 0.281. The van der Waals surface area contributed by atoms with Crippen LogP contribution in [0, 0.1) is 11.3 Å². The summed E-state index contributed by atoms with van der Waals surface area (Å²) in [5.74, 6) is 0.711. The lowest BCUT2D eigenvalue weighted by Gasteiger charge is -2.10. The molecule has 0 spiro atoms. The van der Waals surface area contributed by atoms with Gasteiger partial charge in [0.05, 0.1) is 17.2 Å². The van der Waals surface area contributed by atoms with Crippen molar-refractivity contribution in [1.82, 2.24) is 4.90 Å². The maximum absolute atomic E-state index is 8.70. The number of hydrogen-bond donors (Lipinski definition) is 0. The Hall–Kier alpha value is -1.24. The highest BCUT2D eigenvalue weighted by Gasteiger charge is 2.01. The van der Waals surface area contributed by atoms with E-state index in [1.807, 2.05) is 20.2 Å². The first kappa shape index (κ1) is 12.8. The topological polar surface area (TPSA) is 36.3 Å². The average molecular weight is 239 g/mol. The summed E-state index contributed by atoms with van der Waals surface area (Å²) in [7, 11) is 4.05. The Morgan fingerprint density at radius 2 is 2.19 bits per heavy atom. The van der Waals surface area contributed by atoms with Crippen molar-refractivity contribution in [2.24, 2.45) is 0 Å². The van der Waals surface area contributed by atoms with E-state index in [4.69, 9.17) is 21.6 Å². The van der Waals surface area contributed by atoms with Gasteiger partial charge in [-0.05, 0) is 32.6 Å². The molecule has 16 heavy (non-hydrogen) atoms. The third-order valence-corrected chi connectivity index (χ3v) is 2.39. The van der Waals surface area contributed by atoms with E-state index in [9.17, 15) is 0 Å². The molecule has 0 saturated carbocycles. The molecule has 0 N–H and O–H groups in total. The zero-order valence-corrected chi connectivity index (χ0v) is 10.3. The van der Waals surface area contributed by atoms with Crippen LogP contribution in [0.25, 0.3) is 0 Å². The van der Waals surface area contributed by atoms with Crippen LogP contribution < -0.4 is 4.74 Å². The summed E-state index contributed by atoms with van der Waals surface area (Å²) in [4.78, 5) is 2.11. The summed E-state index contributed by atoms with van der Waals surface area (Å²) >= 11 is 5.88. The summed E-state index contributed by atoms with van der Waals surface area (Å²) < 4.78 is 5.52. The van der Waals surface area contributed by atoms with Gasteiger partial charge in [0.15, 0.2) is 0 Å². The standard InChI is InChI=1S/C12H15ClN2O/c1-15(2)6-3-7-16-11-5-4-10(9-14)12(13)8-11/h4-5,8H,3,6-7H2,1-2H3. The molecule has 0 fully saturated rings. The number of nitrogens with zero attached hydrogens (tertiary/aromatic N) is 2. The summed E-state index contributed by atoms with van der Waals surface area (Å²) in [5, 5.41) is 9.14. The number of halogens is 1. The minimum atomic E-state index is 0.438. The van der Waals surface area contributed by atoms with Crippen LogP contribution in [0.4, 0.5) is 0 Å². The van der Waals surface area contributed by atoms with Gasteiger partial charge >= 0.3 is 0 Å². The first-order valence-electron chi connectivity index (χ1n) is 5.10. The van der Waals surface area contributed by atoms with Gasteiger partial charge in [-0.1, -0.05) is 11.6 Å². The van der Waals surface area contributed by atoms with Crippen LogP contribution in [0.5, 0.6) is 5.75 Å². The van der Waals surface area contributed by atoms with E-state index in [2.05, 4.69) is 4.90 Å². The predicted octanol–water partition coefficient (Wildman–Crippen LogP) is 2.54. The summed E-state index contributed by atoms with van der Waals surface area (Å²) in [6.07, 6.45) is 0.963. The fourth-order valence-electron chi connectivity index (χ4n) is 1.25. The molecule has 1 aromatic carbocycles. The maximum atomic E-state index is 8.70. The molecule has 0 heterocycles. The van der Waals surface area contributed by atoms with Gasteiger partial charge in [0.2, 0.25) is 0 Å². The predicted molar refractivity (Wildman–Crippen MR) is 64.8 cm³/mol. The first-order valence-corrected chi connectivity index (χ1v) is 5.48. The number of hydrogen-bond acceptors (Lipinski definition) is 3. The fourth-order valence-corrected chi connectivity index (χ4v) is 1.46. The number of benzene rings is 1. The van der Waals surface area contributed by atoms with Crippen LogP contribution in [0.2, 0.25) is 5.02 Å². The molecule has 0 aliphatic carbocycles. The Balaban J connectivity index is 2.44. The van der Waals surface area contributed by atoms with Crippen molar-refractivity contribution in [3.8, 4) is 11.8 Å². The van der Waals surface area contributed by atoms with Gasteiger partial charge in [-0.3, -0.25) is 0 Å². The van der Waals surface area contributed by atoms with Gasteiger partial charge in [0.25, 0.3) is 0 Å². The number of rotatable bonds is 5. The quantitative estimate of drug-likeness (QED) is 0.740. The van der Waals surface area contributed by atoms with Gasteiger partial charge in [-0.2, -0.15) is 5.26 Å². The SMILES string of the molecule is CN(C)CCCOc1ccc(C#N)c(Cl)c1. The molecule has 86 valence electrons. The minimum Gasteiger partial charge on any atom is -0.493 e. The molecule has 3 nitrogen and oxygen atoms in total. The second-order valence-corrected chi connectivity index (χ2v) is 4.17. The molecule has 1 rings (SSSR count). The van der Waals surface area contributed by atoms with Crippen LogP contribution >= 0.6 is 11.6 Å². The highest BCUT2D eigenvalue weighted by atomic mass is 35.5. The van der Waals surface area contributed by atoms with E-state index in [1.54, 1.807) is 18.2 Å². The summed E-state index contributed by atoms with van der Waals surface area (Å²) in [6.45, 7) is 1.64. The van der Waals surface area contributed by atoms with E-state index in [0.29, 0.717) is 22.9 Å². The minimum absolute atomic E-state index is 0.438. The molecular formula is C12H15ClN2O. The zero-order valence-electron chi connectivity index (χ0n) is 9.53. The van der Waals surface area contributed by atoms with Gasteiger partial charge in [0.1, 0.15) is 11.8 Å². The van der Waals surface area contributed by atoms with Crippen molar-refractivity contribution in [3.05, 3.63) is 28.8 Å². The molecule has 0 aromatic heterocycles. The third-order valence-electron chi connectivity index (χ3n) is 2.08. The molecule has 1 aromatic rings. The van der Waals surface area contributed by atoms with Crippen molar-refractivity contribution < 1.29 is 4.74 Å². The zero-order chi connectivity index (χ0) is 12.0. The van der Waals surface area contributed by atoms with Crippen molar-refractivity contribution in [2.75, 3.05) is 27.2 Å². The van der Waals surface area contributed by atoms with Crippen LogP contribution in [0.15, 0.2) is 18.2 Å². The maximum Gasteiger partial charge on any atom is 0.120 e. The lowest BCUT2D eigenvalue weighted by atomic mass is 10.2. The molecule has 0 amide bonds. The normalized spacial score (nSPS) is 10.2. The van der Waals surface area contributed by atoms with Crippen LogP contribution in [0.3, 0.4) is 0 Å². The van der Waals surface area contributed by atoms with Crippen LogP contribution in [-0.2, 0) is 0 Å². The van der Waals surface area contributed by atoms with Gasteiger partial charge in [0, 0.05) is 12.6 Å². The Labute approximate surface area is 101 Å². The number of nitriles is 1. The van der Waals surface area contributed by atoms with E-state index >= 15 is 0 Å². The lowest BCUT2D eigenvalue weighted by Crippen LogP contribution is -2.15. The molecule has 0 aliphatic rings. The number of ether oxygens (including phenoxy) is 1. The monoisotopic (exact) mass is 238 g/mol. The van der Waals surface area contributed by atoms with E-state index in [1.165, 1.54) is 0 Å². The Bertz CT molecular complexity index is 385. The molecule has 0 atom stereocenters. The molecule has 4 heteroatoms. The van der Waals surface area contributed by atoms with Crippen LogP contribution in [-0.4, -0.2) is 32.1 Å². The third kappa shape index (κ3) is 4.09. The average Bonchev–Trinajstić information content (AvgIpc) is 2.24. The van der Waals surface area contributed by atoms with Gasteiger partial charge in [-0.15, -0.1) is 0 Å². The first-order chi connectivity index (χ1) is 7.63. The highest BCUT2D eigenvalue weighted by molar-refractivity contribution is 6.31. The van der Waals surface area contributed by atoms with Crippen LogP contribution in [0.1, 0.15) is 12.0 Å². The van der Waals surface area contributed by atoms with Gasteiger partial charge in [-0.25, -0.2) is 0 Å². The van der Waals surface area contributed by atoms with Crippen molar-refractivity contribution in [2.45, 2.75) is 6.42 Å². The molecule has 0 saturated heterocycles. The van der Waals surface area contributed by atoms with E-state index in [-0.39, 0.29) is 0 Å². The summed E-state index contributed by atoms with van der Waals surface area (Å²) in [6, 6.07) is 7.12. The molecule has 0 aliphatic heterocycles. The van der Waals surface area contributed by atoms with E-state index < -0.39 is 0 Å². The van der Waals surface area contributed by atoms with Gasteiger partial charge < -0.3 is 9.64 Å². The second-order valence-electron chi connectivity index (χ2n) is 3.76. The Kier molecular flexibility index (Phi) is 5.10.